The number of fused-ring (bicyclic) bond motifs is 2. The van der Waals surface area contributed by atoms with Crippen molar-refractivity contribution < 1.29 is 37.4 Å². The molecule has 0 spiro atoms. The van der Waals surface area contributed by atoms with E-state index in [-0.39, 0.29) is 71.8 Å². The summed E-state index contributed by atoms with van der Waals surface area (Å²) in [4.78, 5) is 52.7. The SMILES string of the molecule is N#CC(CN1C(=O)c2ccccc2C1=O)=C1CCN(c2c(F)cc3c(=O)c(C(=O)O)cn(C4CC4)c3c2OC(F)F)CC1. The van der Waals surface area contributed by atoms with Crippen LogP contribution in [0.1, 0.15) is 62.8 Å². The molecule has 1 N–H and O–H groups in total. The second-order valence-electron chi connectivity index (χ2n) is 10.5. The van der Waals surface area contributed by atoms with Gasteiger partial charge in [-0.1, -0.05) is 17.7 Å². The summed E-state index contributed by atoms with van der Waals surface area (Å²) in [6.45, 7) is -3.45. The first-order chi connectivity index (χ1) is 20.6. The number of halogens is 3. The van der Waals surface area contributed by atoms with Crippen LogP contribution < -0.4 is 15.1 Å². The van der Waals surface area contributed by atoms with Gasteiger partial charge in [0.15, 0.2) is 11.6 Å². The van der Waals surface area contributed by atoms with Crippen LogP contribution in [-0.2, 0) is 0 Å². The van der Waals surface area contributed by atoms with Gasteiger partial charge in [0, 0.05) is 30.9 Å². The predicted molar refractivity (Wildman–Crippen MR) is 146 cm³/mol. The number of carbonyl (C=O) groups is 3. The van der Waals surface area contributed by atoms with E-state index in [4.69, 9.17) is 4.74 Å². The van der Waals surface area contributed by atoms with Gasteiger partial charge in [0.25, 0.3) is 11.8 Å². The molecule has 1 aromatic heterocycles. The van der Waals surface area contributed by atoms with Crippen molar-refractivity contribution in [3.05, 3.63) is 80.4 Å². The van der Waals surface area contributed by atoms with Crippen molar-refractivity contribution >= 4 is 34.4 Å². The molecular weight excluding hydrogens is 569 g/mol. The number of pyridine rings is 1. The van der Waals surface area contributed by atoms with Crippen LogP contribution in [0.2, 0.25) is 0 Å². The number of carbonyl (C=O) groups excluding carboxylic acids is 2. The van der Waals surface area contributed by atoms with Crippen molar-refractivity contribution in [1.82, 2.24) is 9.47 Å². The first-order valence-electron chi connectivity index (χ1n) is 13.5. The normalized spacial score (nSPS) is 16.6. The lowest BCUT2D eigenvalue weighted by Crippen LogP contribution is -2.35. The Balaban J connectivity index is 1.35. The average molecular weight is 593 g/mol. The molecule has 220 valence electrons. The van der Waals surface area contributed by atoms with Gasteiger partial charge in [0.2, 0.25) is 5.43 Å². The van der Waals surface area contributed by atoms with Gasteiger partial charge < -0.3 is 19.3 Å². The zero-order valence-electron chi connectivity index (χ0n) is 22.5. The molecule has 1 saturated carbocycles. The first-order valence-corrected chi connectivity index (χ1v) is 13.5. The largest absolute Gasteiger partial charge is 0.477 e. The quantitative estimate of drug-likeness (QED) is 0.314. The Morgan fingerprint density at radius 3 is 2.26 bits per heavy atom. The second-order valence-corrected chi connectivity index (χ2v) is 10.5. The van der Waals surface area contributed by atoms with Gasteiger partial charge in [-0.25, -0.2) is 9.18 Å². The molecule has 3 heterocycles. The smallest absolute Gasteiger partial charge is 0.387 e. The highest BCUT2D eigenvalue weighted by Crippen LogP contribution is 2.45. The molecule has 0 unspecified atom stereocenters. The van der Waals surface area contributed by atoms with Crippen LogP contribution in [0.25, 0.3) is 10.9 Å². The number of aromatic carboxylic acids is 1. The fourth-order valence-electron chi connectivity index (χ4n) is 5.80. The topological polar surface area (TPSA) is 133 Å². The molecule has 2 aliphatic heterocycles. The average Bonchev–Trinajstić information content (AvgIpc) is 3.80. The molecule has 2 aromatic carbocycles. The third-order valence-corrected chi connectivity index (χ3v) is 8.02. The Hall–Kier alpha value is -5.12. The number of benzene rings is 2. The number of amides is 2. The molecule has 10 nitrogen and oxygen atoms in total. The fourth-order valence-corrected chi connectivity index (χ4v) is 5.80. The Morgan fingerprint density at radius 2 is 1.72 bits per heavy atom. The standard InChI is InChI=1S/C30H23F3N4O6/c31-22-11-20-23(36(17-5-6-17)14-21(25(20)38)29(41)42)26(43-30(32)33)24(22)35-9-7-15(8-10-35)16(12-34)13-37-27(39)18-3-1-2-4-19(18)28(37)40/h1-4,11,14,17,30H,5-10,13H2,(H,41,42). The molecule has 0 bridgehead atoms. The number of hydrogen-bond acceptors (Lipinski definition) is 7. The van der Waals surface area contributed by atoms with E-state index in [1.807, 2.05) is 0 Å². The minimum Gasteiger partial charge on any atom is -0.477 e. The lowest BCUT2D eigenvalue weighted by molar-refractivity contribution is -0.0488. The Kier molecular flexibility index (Phi) is 6.92. The maximum Gasteiger partial charge on any atom is 0.387 e. The molecule has 6 rings (SSSR count). The van der Waals surface area contributed by atoms with Crippen molar-refractivity contribution in [2.24, 2.45) is 0 Å². The summed E-state index contributed by atoms with van der Waals surface area (Å²) in [6, 6.07) is 9.01. The number of anilines is 1. The van der Waals surface area contributed by atoms with Gasteiger partial charge in [-0.2, -0.15) is 14.0 Å². The maximum absolute atomic E-state index is 15.7. The highest BCUT2D eigenvalue weighted by molar-refractivity contribution is 6.21. The minimum absolute atomic E-state index is 0.0749. The molecule has 2 amide bonds. The van der Waals surface area contributed by atoms with Gasteiger partial charge in [-0.05, 0) is 43.9 Å². The van der Waals surface area contributed by atoms with Crippen LogP contribution in [0.3, 0.4) is 0 Å². The number of hydrogen-bond donors (Lipinski definition) is 1. The van der Waals surface area contributed by atoms with Gasteiger partial charge >= 0.3 is 12.6 Å². The molecule has 3 aromatic rings. The highest BCUT2D eigenvalue weighted by atomic mass is 19.3. The number of nitrogens with zero attached hydrogens (tertiary/aromatic N) is 4. The van der Waals surface area contributed by atoms with E-state index in [9.17, 15) is 38.3 Å². The van der Waals surface area contributed by atoms with Crippen molar-refractivity contribution in [2.75, 3.05) is 24.5 Å². The molecule has 13 heteroatoms. The van der Waals surface area contributed by atoms with Crippen LogP contribution in [0.5, 0.6) is 5.75 Å². The van der Waals surface area contributed by atoms with Crippen LogP contribution in [0.15, 0.2) is 52.5 Å². The number of rotatable bonds is 7. The lowest BCUT2D eigenvalue weighted by atomic mass is 9.97. The number of nitriles is 1. The third kappa shape index (κ3) is 4.78. The molecule has 3 aliphatic rings. The van der Waals surface area contributed by atoms with Gasteiger partial charge in [-0.3, -0.25) is 19.3 Å². The molecule has 43 heavy (non-hydrogen) atoms. The molecular formula is C30H23F3N4O6. The summed E-state index contributed by atoms with van der Waals surface area (Å²) < 4.78 is 49.3. The van der Waals surface area contributed by atoms with E-state index in [1.165, 1.54) is 21.6 Å². The molecule has 0 atom stereocenters. The Bertz CT molecular complexity index is 1810. The van der Waals surface area contributed by atoms with E-state index in [2.05, 4.69) is 6.07 Å². The lowest BCUT2D eigenvalue weighted by Gasteiger charge is -2.33. The summed E-state index contributed by atoms with van der Waals surface area (Å²) in [6.07, 6.45) is 2.70. The number of piperidine rings is 1. The van der Waals surface area contributed by atoms with Crippen molar-refractivity contribution in [1.29, 1.82) is 5.26 Å². The zero-order valence-corrected chi connectivity index (χ0v) is 22.5. The van der Waals surface area contributed by atoms with Crippen LogP contribution in [-0.4, -0.2) is 58.6 Å². The number of alkyl halides is 2. The van der Waals surface area contributed by atoms with Gasteiger partial charge in [0.05, 0.1) is 34.6 Å². The number of aromatic nitrogens is 1. The number of carboxylic acid groups (broad SMARTS) is 1. The number of carboxylic acids is 1. The van der Waals surface area contributed by atoms with Crippen LogP contribution >= 0.6 is 0 Å². The van der Waals surface area contributed by atoms with Gasteiger partial charge in [0.1, 0.15) is 11.3 Å². The minimum atomic E-state index is -3.37. The predicted octanol–water partition coefficient (Wildman–Crippen LogP) is 4.49. The van der Waals surface area contributed by atoms with Crippen molar-refractivity contribution in [3.8, 4) is 11.8 Å². The van der Waals surface area contributed by atoms with Crippen molar-refractivity contribution in [2.45, 2.75) is 38.3 Å². The monoisotopic (exact) mass is 592 g/mol. The molecule has 2 fully saturated rings. The summed E-state index contributed by atoms with van der Waals surface area (Å²) in [5.41, 5.74) is -0.688. The van der Waals surface area contributed by atoms with Crippen LogP contribution in [0, 0.1) is 17.1 Å². The molecule has 1 aliphatic carbocycles. The maximum atomic E-state index is 15.7. The molecule has 0 radical (unpaired) electrons. The third-order valence-electron chi connectivity index (χ3n) is 8.02. The second kappa shape index (κ2) is 10.6. The van der Waals surface area contributed by atoms with E-state index in [0.29, 0.717) is 18.4 Å². The first kappa shape index (κ1) is 28.0. The fraction of sp³-hybridized carbons (Fsp3) is 0.300. The number of imide groups is 1. The summed E-state index contributed by atoms with van der Waals surface area (Å²) in [7, 11) is 0. The zero-order chi connectivity index (χ0) is 30.6. The number of ether oxygens (including phenoxy) is 1. The van der Waals surface area contributed by atoms with Gasteiger partial charge in [-0.15, -0.1) is 0 Å². The van der Waals surface area contributed by atoms with E-state index in [1.54, 1.807) is 12.1 Å². The van der Waals surface area contributed by atoms with E-state index >= 15 is 4.39 Å². The van der Waals surface area contributed by atoms with Crippen molar-refractivity contribution in [3.63, 3.8) is 0 Å². The molecule has 1 saturated heterocycles. The summed E-state index contributed by atoms with van der Waals surface area (Å²) >= 11 is 0. The summed E-state index contributed by atoms with van der Waals surface area (Å²) in [5.74, 6) is -4.14. The summed E-state index contributed by atoms with van der Waals surface area (Å²) in [5, 5.41) is 19.0. The Labute approximate surface area is 241 Å². The van der Waals surface area contributed by atoms with E-state index < -0.39 is 47.0 Å². The Morgan fingerprint density at radius 1 is 1.09 bits per heavy atom. The highest BCUT2D eigenvalue weighted by Gasteiger charge is 2.37. The van der Waals surface area contributed by atoms with Crippen LogP contribution in [0.4, 0.5) is 18.9 Å². The van der Waals surface area contributed by atoms with E-state index in [0.717, 1.165) is 17.2 Å².